The van der Waals surface area contributed by atoms with Crippen molar-refractivity contribution in [3.63, 3.8) is 0 Å². The molecular weight excluding hydrogens is 366 g/mol. The van der Waals surface area contributed by atoms with Gasteiger partial charge in [0.05, 0.1) is 23.0 Å². The van der Waals surface area contributed by atoms with Crippen LogP contribution < -0.4 is 0 Å². The molecule has 0 N–H and O–H groups in total. The first-order valence-corrected chi connectivity index (χ1v) is 10.5. The van der Waals surface area contributed by atoms with Crippen molar-refractivity contribution in [2.24, 2.45) is 0 Å². The zero-order chi connectivity index (χ0) is 18.1. The van der Waals surface area contributed by atoms with Gasteiger partial charge in [-0.2, -0.15) is 0 Å². The molecule has 136 valence electrons. The van der Waals surface area contributed by atoms with Gasteiger partial charge in [-0.1, -0.05) is 12.1 Å². The lowest BCUT2D eigenvalue weighted by atomic mass is 10.3. The number of thiazole rings is 2. The highest BCUT2D eigenvalue weighted by molar-refractivity contribution is 7.18. The van der Waals surface area contributed by atoms with E-state index in [1.807, 2.05) is 36.9 Å². The van der Waals surface area contributed by atoms with Crippen molar-refractivity contribution in [3.8, 4) is 0 Å². The van der Waals surface area contributed by atoms with Crippen LogP contribution in [0.5, 0.6) is 0 Å². The molecule has 1 atom stereocenters. The molecule has 0 radical (unpaired) electrons. The van der Waals surface area contributed by atoms with Gasteiger partial charge in [0.25, 0.3) is 5.91 Å². The van der Waals surface area contributed by atoms with Gasteiger partial charge in [0.15, 0.2) is 0 Å². The van der Waals surface area contributed by atoms with E-state index in [-0.39, 0.29) is 12.0 Å². The maximum Gasteiger partial charge on any atom is 0.266 e. The Bertz CT molecular complexity index is 883. The second kappa shape index (κ2) is 7.42. The molecule has 2 aromatic heterocycles. The van der Waals surface area contributed by atoms with Crippen LogP contribution in [-0.4, -0.2) is 33.4 Å². The Morgan fingerprint density at radius 2 is 2.15 bits per heavy atom. The molecule has 1 unspecified atom stereocenters. The zero-order valence-electron chi connectivity index (χ0n) is 14.8. The summed E-state index contributed by atoms with van der Waals surface area (Å²) in [7, 11) is 0. The monoisotopic (exact) mass is 387 g/mol. The van der Waals surface area contributed by atoms with E-state index >= 15 is 0 Å². The van der Waals surface area contributed by atoms with Crippen LogP contribution in [0.15, 0.2) is 30.5 Å². The molecule has 0 spiro atoms. The van der Waals surface area contributed by atoms with Gasteiger partial charge >= 0.3 is 0 Å². The Morgan fingerprint density at radius 1 is 1.35 bits per heavy atom. The van der Waals surface area contributed by atoms with Crippen molar-refractivity contribution in [3.05, 3.63) is 45.4 Å². The van der Waals surface area contributed by atoms with E-state index in [9.17, 15) is 4.79 Å². The number of amides is 1. The summed E-state index contributed by atoms with van der Waals surface area (Å²) in [6, 6.07) is 8.43. The number of rotatable bonds is 7. The maximum absolute atomic E-state index is 13.1. The van der Waals surface area contributed by atoms with E-state index < -0.39 is 0 Å². The third-order valence-corrected chi connectivity index (χ3v) is 6.56. The molecule has 7 heteroatoms. The lowest BCUT2D eigenvalue weighted by Gasteiger charge is -2.20. The van der Waals surface area contributed by atoms with E-state index in [1.54, 1.807) is 17.5 Å². The van der Waals surface area contributed by atoms with Crippen LogP contribution in [0.1, 0.15) is 52.5 Å². The van der Waals surface area contributed by atoms with E-state index in [0.29, 0.717) is 24.1 Å². The second-order valence-corrected chi connectivity index (χ2v) is 8.58. The first-order valence-electron chi connectivity index (χ1n) is 8.88. The topological polar surface area (TPSA) is 55.3 Å². The first kappa shape index (κ1) is 17.6. The molecule has 1 amide bonds. The Morgan fingerprint density at radius 3 is 2.88 bits per heavy atom. The molecule has 1 aromatic carbocycles. The summed E-state index contributed by atoms with van der Waals surface area (Å²) in [6.45, 7) is 5.13. The summed E-state index contributed by atoms with van der Waals surface area (Å²) in [4.78, 5) is 24.8. The number of nitrogens with zero attached hydrogens (tertiary/aromatic N) is 3. The summed E-state index contributed by atoms with van der Waals surface area (Å²) in [6.07, 6.45) is 3.74. The molecule has 4 rings (SSSR count). The van der Waals surface area contributed by atoms with E-state index in [1.165, 1.54) is 11.3 Å². The zero-order valence-corrected chi connectivity index (χ0v) is 16.5. The first-order chi connectivity index (χ1) is 12.7. The molecule has 3 aromatic rings. The van der Waals surface area contributed by atoms with Gasteiger partial charge in [-0.15, -0.1) is 22.7 Å². The van der Waals surface area contributed by atoms with Crippen molar-refractivity contribution < 1.29 is 9.53 Å². The van der Waals surface area contributed by atoms with Gasteiger partial charge in [-0.05, 0) is 38.8 Å². The van der Waals surface area contributed by atoms with Crippen molar-refractivity contribution in [2.45, 2.75) is 45.4 Å². The summed E-state index contributed by atoms with van der Waals surface area (Å²) in [5.74, 6) is 0.0548. The third kappa shape index (κ3) is 3.65. The molecule has 1 aliphatic rings. The second-order valence-electron chi connectivity index (χ2n) is 6.40. The Hall–Kier alpha value is -1.83. The van der Waals surface area contributed by atoms with Crippen molar-refractivity contribution >= 4 is 38.8 Å². The fourth-order valence-corrected chi connectivity index (χ4v) is 4.76. The minimum atomic E-state index is -0.0785. The maximum atomic E-state index is 13.1. The molecule has 2 heterocycles. The van der Waals surface area contributed by atoms with Crippen molar-refractivity contribution in [1.82, 2.24) is 14.9 Å². The van der Waals surface area contributed by atoms with Crippen LogP contribution in [0.4, 0.5) is 0 Å². The van der Waals surface area contributed by atoms with E-state index in [0.717, 1.165) is 33.1 Å². The van der Waals surface area contributed by atoms with Crippen LogP contribution >= 0.6 is 22.7 Å². The van der Waals surface area contributed by atoms with E-state index in [2.05, 4.69) is 16.0 Å². The SMILES string of the molecule is CCOC(C)c1ncc(C(=O)N(Cc2nc3ccccc3s2)C2CC2)s1. The molecule has 1 aliphatic carbocycles. The smallest absolute Gasteiger partial charge is 0.266 e. The number of carbonyl (C=O) groups excluding carboxylic acids is 1. The fourth-order valence-electron chi connectivity index (χ4n) is 2.92. The minimum absolute atomic E-state index is 0.0548. The number of ether oxygens (including phenoxy) is 1. The molecule has 26 heavy (non-hydrogen) atoms. The average molecular weight is 388 g/mol. The summed E-state index contributed by atoms with van der Waals surface area (Å²) < 4.78 is 6.75. The third-order valence-electron chi connectivity index (χ3n) is 4.39. The van der Waals surface area contributed by atoms with Crippen molar-refractivity contribution in [1.29, 1.82) is 0 Å². The van der Waals surface area contributed by atoms with Gasteiger partial charge in [0, 0.05) is 12.6 Å². The normalized spacial score (nSPS) is 15.3. The van der Waals surface area contributed by atoms with Gasteiger partial charge < -0.3 is 9.64 Å². The number of carbonyl (C=O) groups is 1. The number of hydrogen-bond donors (Lipinski definition) is 0. The number of benzene rings is 1. The lowest BCUT2D eigenvalue weighted by molar-refractivity contribution is 0.0734. The number of hydrogen-bond acceptors (Lipinski definition) is 6. The Balaban J connectivity index is 1.53. The van der Waals surface area contributed by atoms with Crippen molar-refractivity contribution in [2.75, 3.05) is 6.61 Å². The van der Waals surface area contributed by atoms with Gasteiger partial charge in [-0.25, -0.2) is 9.97 Å². The predicted octanol–water partition coefficient (Wildman–Crippen LogP) is 4.66. The fraction of sp³-hybridized carbons (Fsp3) is 0.421. The Labute approximate surface area is 160 Å². The van der Waals surface area contributed by atoms with Gasteiger partial charge in [0.1, 0.15) is 21.0 Å². The van der Waals surface area contributed by atoms with Crippen LogP contribution in [-0.2, 0) is 11.3 Å². The van der Waals surface area contributed by atoms with Crippen LogP contribution in [0.3, 0.4) is 0 Å². The van der Waals surface area contributed by atoms with Gasteiger partial charge in [0.2, 0.25) is 0 Å². The average Bonchev–Trinajstić information content (AvgIpc) is 3.21. The standard InChI is InChI=1S/C19H21N3O2S2/c1-3-24-12(2)18-20-10-16(26-18)19(23)22(13-8-9-13)11-17-21-14-6-4-5-7-15(14)25-17/h4-7,10,12-13H,3,8-9,11H2,1-2H3. The highest BCUT2D eigenvalue weighted by atomic mass is 32.1. The quantitative estimate of drug-likeness (QED) is 0.592. The largest absolute Gasteiger partial charge is 0.372 e. The molecule has 0 aliphatic heterocycles. The van der Waals surface area contributed by atoms with Crippen LogP contribution in [0, 0.1) is 0 Å². The molecular formula is C19H21N3O2S2. The number of aromatic nitrogens is 2. The highest BCUT2D eigenvalue weighted by Crippen LogP contribution is 2.33. The lowest BCUT2D eigenvalue weighted by Crippen LogP contribution is -2.32. The minimum Gasteiger partial charge on any atom is -0.372 e. The summed E-state index contributed by atoms with van der Waals surface area (Å²) in [5, 5.41) is 1.84. The molecule has 0 bridgehead atoms. The molecule has 5 nitrogen and oxygen atoms in total. The predicted molar refractivity (Wildman–Crippen MR) is 105 cm³/mol. The van der Waals surface area contributed by atoms with Crippen LogP contribution in [0.25, 0.3) is 10.2 Å². The molecule has 0 saturated heterocycles. The molecule has 1 saturated carbocycles. The van der Waals surface area contributed by atoms with Gasteiger partial charge in [-0.3, -0.25) is 4.79 Å². The Kier molecular flexibility index (Phi) is 5.02. The van der Waals surface area contributed by atoms with E-state index in [4.69, 9.17) is 4.74 Å². The summed E-state index contributed by atoms with van der Waals surface area (Å²) >= 11 is 3.10. The summed E-state index contributed by atoms with van der Waals surface area (Å²) in [5.41, 5.74) is 1.00. The number of para-hydroxylation sites is 1. The number of fused-ring (bicyclic) bond motifs is 1. The van der Waals surface area contributed by atoms with Crippen LogP contribution in [0.2, 0.25) is 0 Å². The highest BCUT2D eigenvalue weighted by Gasteiger charge is 2.34. The molecule has 1 fully saturated rings.